The van der Waals surface area contributed by atoms with Gasteiger partial charge in [0.05, 0.1) is 25.0 Å². The molecule has 1 fully saturated rings. The van der Waals surface area contributed by atoms with Crippen LogP contribution in [0, 0.1) is 0 Å². The van der Waals surface area contributed by atoms with E-state index in [1.165, 1.54) is 0 Å². The number of amides is 2. The highest BCUT2D eigenvalue weighted by Crippen LogP contribution is 2.28. The summed E-state index contributed by atoms with van der Waals surface area (Å²) in [5.74, 6) is 0.767. The first-order valence-corrected chi connectivity index (χ1v) is 11.6. The number of aliphatic hydroxyl groups is 1. The van der Waals surface area contributed by atoms with Gasteiger partial charge in [0.15, 0.2) is 0 Å². The van der Waals surface area contributed by atoms with Crippen molar-refractivity contribution < 1.29 is 14.7 Å². The summed E-state index contributed by atoms with van der Waals surface area (Å²) in [5, 5.41) is 12.9. The van der Waals surface area contributed by atoms with Gasteiger partial charge < -0.3 is 20.3 Å². The van der Waals surface area contributed by atoms with E-state index in [0.29, 0.717) is 19.5 Å². The molecule has 2 amide bonds. The van der Waals surface area contributed by atoms with E-state index in [9.17, 15) is 14.7 Å². The Morgan fingerprint density at radius 2 is 2.18 bits per heavy atom. The third-order valence-corrected chi connectivity index (χ3v) is 6.74. The van der Waals surface area contributed by atoms with Gasteiger partial charge in [-0.05, 0) is 35.2 Å². The number of aromatic nitrogens is 2. The number of aromatic amines is 1. The molecule has 1 saturated heterocycles. The van der Waals surface area contributed by atoms with Crippen molar-refractivity contribution in [3.05, 3.63) is 71.5 Å². The van der Waals surface area contributed by atoms with Gasteiger partial charge in [-0.15, -0.1) is 0 Å². The monoisotopic (exact) mass is 459 g/mol. The van der Waals surface area contributed by atoms with E-state index in [1.807, 2.05) is 43.4 Å². The van der Waals surface area contributed by atoms with Crippen LogP contribution in [0.2, 0.25) is 0 Å². The van der Waals surface area contributed by atoms with Crippen LogP contribution in [0.3, 0.4) is 0 Å². The summed E-state index contributed by atoms with van der Waals surface area (Å²) < 4.78 is 0. The fraction of sp³-hybridized carbons (Fsp3) is 0.346. The number of imidazole rings is 1. The molecule has 2 aliphatic rings. The summed E-state index contributed by atoms with van der Waals surface area (Å²) in [5.41, 5.74) is 4.62. The molecule has 0 aliphatic carbocycles. The number of carbonyl (C=O) groups is 2. The molecule has 0 radical (unpaired) electrons. The van der Waals surface area contributed by atoms with E-state index in [1.54, 1.807) is 17.3 Å². The largest absolute Gasteiger partial charge is 0.392 e. The number of nitrogens with one attached hydrogen (secondary N) is 2. The van der Waals surface area contributed by atoms with Gasteiger partial charge in [-0.3, -0.25) is 14.5 Å². The summed E-state index contributed by atoms with van der Waals surface area (Å²) in [4.78, 5) is 36.6. The zero-order chi connectivity index (χ0) is 23.7. The lowest BCUT2D eigenvalue weighted by molar-refractivity contribution is -0.131. The molecule has 3 heterocycles. The quantitative estimate of drug-likeness (QED) is 0.504. The summed E-state index contributed by atoms with van der Waals surface area (Å²) in [6.07, 6.45) is 4.57. The molecular formula is C26H29N5O3. The normalized spacial score (nSPS) is 18.5. The first-order chi connectivity index (χ1) is 16.5. The zero-order valence-corrected chi connectivity index (χ0v) is 19.2. The van der Waals surface area contributed by atoms with Crippen LogP contribution in [0.25, 0.3) is 11.4 Å². The molecule has 2 aromatic carbocycles. The van der Waals surface area contributed by atoms with Crippen LogP contribution >= 0.6 is 0 Å². The van der Waals surface area contributed by atoms with Crippen molar-refractivity contribution >= 4 is 17.5 Å². The van der Waals surface area contributed by atoms with Gasteiger partial charge in [-0.25, -0.2) is 4.98 Å². The molecule has 1 aromatic heterocycles. The summed E-state index contributed by atoms with van der Waals surface area (Å²) in [6.45, 7) is 2.06. The molecule has 8 nitrogen and oxygen atoms in total. The Kier molecular flexibility index (Phi) is 6.17. The summed E-state index contributed by atoms with van der Waals surface area (Å²) >= 11 is 0. The number of anilines is 1. The number of benzene rings is 2. The first-order valence-electron chi connectivity index (χ1n) is 11.6. The maximum Gasteiger partial charge on any atom is 0.228 e. The first kappa shape index (κ1) is 22.3. The fourth-order valence-electron chi connectivity index (χ4n) is 4.84. The standard InChI is InChI=1S/C26H29N5O3/c1-30(25(34)12-17-5-6-18-14-24(33)29-22(18)11-17)23(16-31-10-7-21(32)15-31)19-3-2-4-20(13-19)26-27-8-9-28-26/h2-6,8-9,11,13,21,23,32H,7,10,12,14-16H2,1H3,(H,27,28)(H,29,33)/t21-,23?/m0/s1. The van der Waals surface area contributed by atoms with E-state index in [0.717, 1.165) is 46.7 Å². The van der Waals surface area contributed by atoms with Gasteiger partial charge in [0, 0.05) is 50.3 Å². The number of rotatable bonds is 7. The number of hydrogen-bond acceptors (Lipinski definition) is 5. The van der Waals surface area contributed by atoms with Crippen LogP contribution in [0.1, 0.15) is 29.2 Å². The number of hydrogen-bond donors (Lipinski definition) is 3. The predicted octanol–water partition coefficient (Wildman–Crippen LogP) is 2.38. The lowest BCUT2D eigenvalue weighted by Gasteiger charge is -2.32. The minimum Gasteiger partial charge on any atom is -0.392 e. The zero-order valence-electron chi connectivity index (χ0n) is 19.2. The average molecular weight is 460 g/mol. The van der Waals surface area contributed by atoms with Crippen LogP contribution < -0.4 is 5.32 Å². The highest BCUT2D eigenvalue weighted by atomic mass is 16.3. The molecule has 2 atom stereocenters. The number of carbonyl (C=O) groups excluding carboxylic acids is 2. The fourth-order valence-corrected chi connectivity index (χ4v) is 4.84. The van der Waals surface area contributed by atoms with E-state index < -0.39 is 0 Å². The molecule has 34 heavy (non-hydrogen) atoms. The molecule has 2 aliphatic heterocycles. The maximum atomic E-state index is 13.4. The predicted molar refractivity (Wildman–Crippen MR) is 129 cm³/mol. The highest BCUT2D eigenvalue weighted by Gasteiger charge is 2.29. The van der Waals surface area contributed by atoms with Gasteiger partial charge in [0.2, 0.25) is 11.8 Å². The molecule has 176 valence electrons. The molecule has 0 saturated carbocycles. The van der Waals surface area contributed by atoms with Crippen LogP contribution in [-0.2, 0) is 22.4 Å². The Morgan fingerprint density at radius 3 is 2.94 bits per heavy atom. The van der Waals surface area contributed by atoms with Gasteiger partial charge in [0.25, 0.3) is 0 Å². The number of nitrogens with zero attached hydrogens (tertiary/aromatic N) is 3. The van der Waals surface area contributed by atoms with Crippen molar-refractivity contribution in [2.45, 2.75) is 31.4 Å². The van der Waals surface area contributed by atoms with Gasteiger partial charge in [0.1, 0.15) is 5.82 Å². The van der Waals surface area contributed by atoms with Crippen LogP contribution in [0.5, 0.6) is 0 Å². The minimum absolute atomic E-state index is 0.00239. The second-order valence-electron chi connectivity index (χ2n) is 9.18. The van der Waals surface area contributed by atoms with Crippen molar-refractivity contribution in [3.8, 4) is 11.4 Å². The maximum absolute atomic E-state index is 13.4. The Morgan fingerprint density at radius 1 is 1.29 bits per heavy atom. The van der Waals surface area contributed by atoms with Gasteiger partial charge in [-0.1, -0.05) is 30.3 Å². The molecular weight excluding hydrogens is 430 g/mol. The Labute approximate surface area is 198 Å². The third kappa shape index (κ3) is 4.73. The number of likely N-dealkylation sites (tertiary alicyclic amines) is 1. The minimum atomic E-state index is -0.322. The van der Waals surface area contributed by atoms with Crippen molar-refractivity contribution in [1.82, 2.24) is 19.8 Å². The van der Waals surface area contributed by atoms with Crippen molar-refractivity contribution in [3.63, 3.8) is 0 Å². The van der Waals surface area contributed by atoms with Gasteiger partial charge in [-0.2, -0.15) is 0 Å². The van der Waals surface area contributed by atoms with Crippen LogP contribution in [-0.4, -0.2) is 69.5 Å². The van der Waals surface area contributed by atoms with Crippen LogP contribution in [0.4, 0.5) is 5.69 Å². The molecule has 3 N–H and O–H groups in total. The van der Waals surface area contributed by atoms with E-state index in [4.69, 9.17) is 0 Å². The topological polar surface area (TPSA) is 102 Å². The summed E-state index contributed by atoms with van der Waals surface area (Å²) in [6, 6.07) is 13.7. The lowest BCUT2D eigenvalue weighted by atomic mass is 10.0. The van der Waals surface area contributed by atoms with E-state index in [-0.39, 0.29) is 30.4 Å². The molecule has 0 bridgehead atoms. The Bertz CT molecular complexity index is 1190. The number of aliphatic hydroxyl groups excluding tert-OH is 1. The SMILES string of the molecule is CN(C(=O)Cc1ccc2c(c1)NC(=O)C2)C(CN1CC[C@H](O)C1)c1cccc(-c2ncc[nH]2)c1. The number of fused-ring (bicyclic) bond motifs is 1. The van der Waals surface area contributed by atoms with Crippen molar-refractivity contribution in [2.24, 2.45) is 0 Å². The average Bonchev–Trinajstić information content (AvgIpc) is 3.57. The molecule has 8 heteroatoms. The van der Waals surface area contributed by atoms with Gasteiger partial charge >= 0.3 is 0 Å². The number of β-amino-alcohol motifs (C(OH)–C–C–N with tert-alkyl or cyclic N) is 1. The molecule has 3 aromatic rings. The highest BCUT2D eigenvalue weighted by molar-refractivity contribution is 5.99. The Balaban J connectivity index is 1.38. The second kappa shape index (κ2) is 9.40. The van der Waals surface area contributed by atoms with E-state index >= 15 is 0 Å². The summed E-state index contributed by atoms with van der Waals surface area (Å²) in [7, 11) is 1.84. The van der Waals surface area contributed by atoms with Crippen LogP contribution in [0.15, 0.2) is 54.9 Å². The van der Waals surface area contributed by atoms with Crippen molar-refractivity contribution in [1.29, 1.82) is 0 Å². The molecule has 1 unspecified atom stereocenters. The third-order valence-electron chi connectivity index (χ3n) is 6.74. The van der Waals surface area contributed by atoms with Crippen molar-refractivity contribution in [2.75, 3.05) is 32.0 Å². The number of H-pyrrole nitrogens is 1. The molecule has 0 spiro atoms. The smallest absolute Gasteiger partial charge is 0.228 e. The van der Waals surface area contributed by atoms with E-state index in [2.05, 4.69) is 26.3 Å². The Hall–Kier alpha value is -3.49. The second-order valence-corrected chi connectivity index (χ2v) is 9.18. The number of likely N-dealkylation sites (N-methyl/N-ethyl adjacent to an activating group) is 1. The lowest BCUT2D eigenvalue weighted by Crippen LogP contribution is -2.39. The molecule has 5 rings (SSSR count).